The Balaban J connectivity index is 2.55. The van der Waals surface area contributed by atoms with Gasteiger partial charge in [-0.15, -0.1) is 0 Å². The fraction of sp³-hybridized carbons (Fsp3) is 0.571. The highest BCUT2D eigenvalue weighted by Crippen LogP contribution is 2.24. The van der Waals surface area contributed by atoms with Crippen molar-refractivity contribution >= 4 is 15.9 Å². The van der Waals surface area contributed by atoms with E-state index in [4.69, 9.17) is 0 Å². The second-order valence-electron chi connectivity index (χ2n) is 4.72. The van der Waals surface area contributed by atoms with Gasteiger partial charge in [0.05, 0.1) is 5.60 Å². The molecule has 1 N–H and O–H groups in total. The summed E-state index contributed by atoms with van der Waals surface area (Å²) in [6.45, 7) is 4.12. The summed E-state index contributed by atoms with van der Waals surface area (Å²) in [6, 6.07) is 8.11. The van der Waals surface area contributed by atoms with E-state index in [0.717, 1.165) is 23.7 Å². The lowest BCUT2D eigenvalue weighted by atomic mass is 9.91. The number of hydrogen-bond donors (Lipinski definition) is 1. The summed E-state index contributed by atoms with van der Waals surface area (Å²) < 4.78 is 1.09. The molecule has 0 amide bonds. The van der Waals surface area contributed by atoms with E-state index in [1.807, 2.05) is 25.1 Å². The molecule has 0 saturated heterocycles. The molecule has 0 aliphatic heterocycles. The number of rotatable bonds is 6. The predicted octanol–water partition coefficient (Wildman–Crippen LogP) is 4.32. The van der Waals surface area contributed by atoms with Gasteiger partial charge in [0, 0.05) is 10.9 Å². The predicted molar refractivity (Wildman–Crippen MR) is 72.6 cm³/mol. The molecule has 1 aromatic rings. The summed E-state index contributed by atoms with van der Waals surface area (Å²) >= 11 is 3.52. The molecule has 1 aromatic carbocycles. The topological polar surface area (TPSA) is 20.2 Å². The van der Waals surface area contributed by atoms with Crippen LogP contribution in [0, 0.1) is 0 Å². The Hall–Kier alpha value is -0.340. The molecule has 0 aliphatic carbocycles. The van der Waals surface area contributed by atoms with Crippen molar-refractivity contribution in [3.8, 4) is 0 Å². The zero-order valence-corrected chi connectivity index (χ0v) is 11.8. The maximum absolute atomic E-state index is 10.3. The van der Waals surface area contributed by atoms with Gasteiger partial charge in [-0.05, 0) is 25.0 Å². The first-order valence-corrected chi connectivity index (χ1v) is 6.80. The molecule has 2 heteroatoms. The minimum atomic E-state index is -0.584. The fourth-order valence-electron chi connectivity index (χ4n) is 1.90. The minimum Gasteiger partial charge on any atom is -0.390 e. The van der Waals surface area contributed by atoms with Crippen molar-refractivity contribution < 1.29 is 5.11 Å². The van der Waals surface area contributed by atoms with E-state index in [9.17, 15) is 5.11 Å². The molecule has 16 heavy (non-hydrogen) atoms. The van der Waals surface area contributed by atoms with Crippen molar-refractivity contribution in [2.45, 2.75) is 51.6 Å². The highest BCUT2D eigenvalue weighted by atomic mass is 79.9. The lowest BCUT2D eigenvalue weighted by Gasteiger charge is -2.23. The van der Waals surface area contributed by atoms with Gasteiger partial charge in [0.15, 0.2) is 0 Å². The van der Waals surface area contributed by atoms with E-state index in [0.29, 0.717) is 0 Å². The quantitative estimate of drug-likeness (QED) is 0.772. The van der Waals surface area contributed by atoms with E-state index in [2.05, 4.69) is 28.9 Å². The van der Waals surface area contributed by atoms with Gasteiger partial charge in [-0.1, -0.05) is 60.3 Å². The second kappa shape index (κ2) is 6.41. The lowest BCUT2D eigenvalue weighted by Crippen LogP contribution is -2.27. The summed E-state index contributed by atoms with van der Waals surface area (Å²) in [5.41, 5.74) is 0.600. The Bertz CT molecular complexity index is 320. The highest BCUT2D eigenvalue weighted by molar-refractivity contribution is 9.10. The summed E-state index contributed by atoms with van der Waals surface area (Å²) in [7, 11) is 0. The molecule has 0 fully saturated rings. The van der Waals surface area contributed by atoms with Gasteiger partial charge < -0.3 is 5.11 Å². The minimum absolute atomic E-state index is 0.584. The van der Waals surface area contributed by atoms with Crippen LogP contribution in [0.4, 0.5) is 0 Å². The zero-order chi connectivity index (χ0) is 12.0. The van der Waals surface area contributed by atoms with E-state index in [-0.39, 0.29) is 0 Å². The SMILES string of the molecule is CCCCCC(C)(O)Cc1ccccc1Br. The monoisotopic (exact) mass is 284 g/mol. The van der Waals surface area contributed by atoms with Crippen LogP contribution in [-0.4, -0.2) is 10.7 Å². The smallest absolute Gasteiger partial charge is 0.0660 e. The van der Waals surface area contributed by atoms with E-state index in [1.54, 1.807) is 0 Å². The normalized spacial score (nSPS) is 14.8. The fourth-order valence-corrected chi connectivity index (χ4v) is 2.32. The zero-order valence-electron chi connectivity index (χ0n) is 10.2. The van der Waals surface area contributed by atoms with Gasteiger partial charge in [-0.3, -0.25) is 0 Å². The second-order valence-corrected chi connectivity index (χ2v) is 5.58. The molecule has 1 nitrogen and oxygen atoms in total. The van der Waals surface area contributed by atoms with Crippen molar-refractivity contribution in [2.24, 2.45) is 0 Å². The highest BCUT2D eigenvalue weighted by Gasteiger charge is 2.21. The van der Waals surface area contributed by atoms with Crippen molar-refractivity contribution in [3.63, 3.8) is 0 Å². The van der Waals surface area contributed by atoms with Crippen LogP contribution in [0.3, 0.4) is 0 Å². The molecule has 1 atom stereocenters. The maximum atomic E-state index is 10.3. The molecule has 0 aliphatic rings. The molecule has 0 spiro atoms. The van der Waals surface area contributed by atoms with Crippen LogP contribution in [0.2, 0.25) is 0 Å². The van der Waals surface area contributed by atoms with Crippen LogP contribution in [0.5, 0.6) is 0 Å². The molecule has 0 aromatic heterocycles. The van der Waals surface area contributed by atoms with Crippen LogP contribution in [0.15, 0.2) is 28.7 Å². The van der Waals surface area contributed by atoms with Crippen LogP contribution < -0.4 is 0 Å². The Morgan fingerprint density at radius 3 is 2.56 bits per heavy atom. The third-order valence-corrected chi connectivity index (χ3v) is 3.62. The third-order valence-electron chi connectivity index (χ3n) is 2.85. The summed E-state index contributed by atoms with van der Waals surface area (Å²) in [5.74, 6) is 0. The Labute approximate surface area is 107 Å². The van der Waals surface area contributed by atoms with Crippen molar-refractivity contribution in [1.29, 1.82) is 0 Å². The first-order valence-electron chi connectivity index (χ1n) is 6.01. The lowest BCUT2D eigenvalue weighted by molar-refractivity contribution is 0.0484. The number of aliphatic hydroxyl groups is 1. The van der Waals surface area contributed by atoms with Crippen molar-refractivity contribution in [2.75, 3.05) is 0 Å². The Kier molecular flexibility index (Phi) is 5.50. The van der Waals surface area contributed by atoms with E-state index >= 15 is 0 Å². The molecule has 90 valence electrons. The van der Waals surface area contributed by atoms with Gasteiger partial charge in [-0.2, -0.15) is 0 Å². The average molecular weight is 285 g/mol. The molecular weight excluding hydrogens is 264 g/mol. The summed E-state index contributed by atoms with van der Waals surface area (Å²) in [4.78, 5) is 0. The average Bonchev–Trinajstić information content (AvgIpc) is 2.21. The van der Waals surface area contributed by atoms with Crippen LogP contribution in [0.25, 0.3) is 0 Å². The Morgan fingerprint density at radius 1 is 1.25 bits per heavy atom. The standard InChI is InChI=1S/C14H21BrO/c1-3-4-7-10-14(2,16)11-12-8-5-6-9-13(12)15/h5-6,8-9,16H,3-4,7,10-11H2,1-2H3. The first kappa shape index (κ1) is 13.7. The number of unbranched alkanes of at least 4 members (excludes halogenated alkanes) is 2. The van der Waals surface area contributed by atoms with E-state index in [1.165, 1.54) is 18.4 Å². The molecular formula is C14H21BrO. The van der Waals surface area contributed by atoms with Gasteiger partial charge in [0.1, 0.15) is 0 Å². The molecule has 0 bridgehead atoms. The molecule has 0 radical (unpaired) electrons. The van der Waals surface area contributed by atoms with Crippen molar-refractivity contribution in [1.82, 2.24) is 0 Å². The number of benzene rings is 1. The van der Waals surface area contributed by atoms with Crippen LogP contribution in [0.1, 0.15) is 45.1 Å². The first-order chi connectivity index (χ1) is 7.55. The largest absolute Gasteiger partial charge is 0.390 e. The van der Waals surface area contributed by atoms with Gasteiger partial charge in [0.25, 0.3) is 0 Å². The summed E-state index contributed by atoms with van der Waals surface area (Å²) in [5, 5.41) is 10.3. The van der Waals surface area contributed by atoms with Crippen LogP contribution >= 0.6 is 15.9 Å². The van der Waals surface area contributed by atoms with Crippen LogP contribution in [-0.2, 0) is 6.42 Å². The van der Waals surface area contributed by atoms with Gasteiger partial charge in [-0.25, -0.2) is 0 Å². The molecule has 0 saturated carbocycles. The molecule has 1 rings (SSSR count). The molecule has 1 unspecified atom stereocenters. The number of halogens is 1. The number of hydrogen-bond acceptors (Lipinski definition) is 1. The van der Waals surface area contributed by atoms with Gasteiger partial charge >= 0.3 is 0 Å². The van der Waals surface area contributed by atoms with Gasteiger partial charge in [0.2, 0.25) is 0 Å². The summed E-state index contributed by atoms with van der Waals surface area (Å²) in [6.07, 6.45) is 5.10. The third kappa shape index (κ3) is 4.67. The van der Waals surface area contributed by atoms with E-state index < -0.39 is 5.60 Å². The Morgan fingerprint density at radius 2 is 1.94 bits per heavy atom. The molecule has 0 heterocycles. The maximum Gasteiger partial charge on any atom is 0.0660 e. The van der Waals surface area contributed by atoms with Crippen molar-refractivity contribution in [3.05, 3.63) is 34.3 Å².